The van der Waals surface area contributed by atoms with Gasteiger partial charge in [-0.3, -0.25) is 4.79 Å². The Bertz CT molecular complexity index is 843. The highest BCUT2D eigenvalue weighted by molar-refractivity contribution is 6.30. The van der Waals surface area contributed by atoms with Gasteiger partial charge in [-0.05, 0) is 30.2 Å². The van der Waals surface area contributed by atoms with Gasteiger partial charge in [0.2, 0.25) is 5.91 Å². The third-order valence-corrected chi connectivity index (χ3v) is 4.70. The van der Waals surface area contributed by atoms with Gasteiger partial charge in [0.1, 0.15) is 5.82 Å². The molecule has 134 valence electrons. The summed E-state index contributed by atoms with van der Waals surface area (Å²) >= 11 is 6.01. The van der Waals surface area contributed by atoms with Crippen LogP contribution in [0.15, 0.2) is 67.0 Å². The molecule has 26 heavy (non-hydrogen) atoms. The molecule has 0 saturated heterocycles. The highest BCUT2D eigenvalue weighted by Crippen LogP contribution is 2.28. The van der Waals surface area contributed by atoms with Crippen LogP contribution in [-0.4, -0.2) is 15.5 Å². The molecule has 0 bridgehead atoms. The summed E-state index contributed by atoms with van der Waals surface area (Å²) in [7, 11) is 0. The zero-order valence-corrected chi connectivity index (χ0v) is 15.5. The maximum Gasteiger partial charge on any atom is 0.221 e. The standard InChI is InChI=1S/C21H22ClN3O/c1-2-25-13-12-23-20(25)15-24-21(26)14-19(16-6-4-3-5-7-16)17-8-10-18(22)11-9-17/h3-13,19H,2,14-15H2,1H3,(H,24,26). The number of benzene rings is 2. The summed E-state index contributed by atoms with van der Waals surface area (Å²) < 4.78 is 2.02. The van der Waals surface area contributed by atoms with Crippen molar-refractivity contribution in [3.05, 3.63) is 89.0 Å². The van der Waals surface area contributed by atoms with E-state index in [2.05, 4.69) is 29.4 Å². The largest absolute Gasteiger partial charge is 0.349 e. The summed E-state index contributed by atoms with van der Waals surface area (Å²) in [6.45, 7) is 3.32. The van der Waals surface area contributed by atoms with Gasteiger partial charge in [-0.25, -0.2) is 4.98 Å². The monoisotopic (exact) mass is 367 g/mol. The normalized spacial score (nSPS) is 11.9. The van der Waals surface area contributed by atoms with Crippen molar-refractivity contribution in [2.75, 3.05) is 0 Å². The molecular formula is C21H22ClN3O. The van der Waals surface area contributed by atoms with Crippen molar-refractivity contribution in [1.82, 2.24) is 14.9 Å². The summed E-state index contributed by atoms with van der Waals surface area (Å²) in [5.74, 6) is 0.849. The van der Waals surface area contributed by atoms with E-state index in [1.807, 2.05) is 53.2 Å². The fraction of sp³-hybridized carbons (Fsp3) is 0.238. The number of nitrogens with zero attached hydrogens (tertiary/aromatic N) is 2. The average molecular weight is 368 g/mol. The van der Waals surface area contributed by atoms with Gasteiger partial charge in [0.15, 0.2) is 0 Å². The molecule has 2 aromatic carbocycles. The number of carbonyl (C=O) groups is 1. The maximum absolute atomic E-state index is 12.6. The molecule has 0 aliphatic rings. The Morgan fingerprint density at radius 1 is 1.12 bits per heavy atom. The number of aryl methyl sites for hydroxylation is 1. The van der Waals surface area contributed by atoms with Crippen LogP contribution in [0.3, 0.4) is 0 Å². The van der Waals surface area contributed by atoms with E-state index in [0.717, 1.165) is 23.5 Å². The van der Waals surface area contributed by atoms with E-state index in [0.29, 0.717) is 18.0 Å². The van der Waals surface area contributed by atoms with Crippen molar-refractivity contribution in [1.29, 1.82) is 0 Å². The third-order valence-electron chi connectivity index (χ3n) is 4.45. The number of halogens is 1. The van der Waals surface area contributed by atoms with Crippen molar-refractivity contribution in [2.24, 2.45) is 0 Å². The molecule has 1 atom stereocenters. The first-order valence-corrected chi connectivity index (χ1v) is 9.12. The summed E-state index contributed by atoms with van der Waals surface area (Å²) in [6.07, 6.45) is 4.05. The molecule has 4 nitrogen and oxygen atoms in total. The lowest BCUT2D eigenvalue weighted by Gasteiger charge is -2.18. The Morgan fingerprint density at radius 2 is 1.81 bits per heavy atom. The van der Waals surface area contributed by atoms with Crippen LogP contribution in [0.4, 0.5) is 0 Å². The summed E-state index contributed by atoms with van der Waals surface area (Å²) in [6, 6.07) is 17.8. The molecule has 5 heteroatoms. The van der Waals surface area contributed by atoms with Crippen molar-refractivity contribution >= 4 is 17.5 Å². The van der Waals surface area contributed by atoms with Crippen LogP contribution >= 0.6 is 11.6 Å². The minimum Gasteiger partial charge on any atom is -0.349 e. The van der Waals surface area contributed by atoms with E-state index in [-0.39, 0.29) is 11.8 Å². The molecular weight excluding hydrogens is 346 g/mol. The first-order valence-electron chi connectivity index (χ1n) is 8.74. The molecule has 0 saturated carbocycles. The molecule has 0 aliphatic heterocycles. The molecule has 1 N–H and O–H groups in total. The van der Waals surface area contributed by atoms with Gasteiger partial charge in [0.25, 0.3) is 0 Å². The van der Waals surface area contributed by atoms with Gasteiger partial charge >= 0.3 is 0 Å². The van der Waals surface area contributed by atoms with Crippen LogP contribution in [0.1, 0.15) is 36.2 Å². The van der Waals surface area contributed by atoms with Crippen LogP contribution in [-0.2, 0) is 17.9 Å². The summed E-state index contributed by atoms with van der Waals surface area (Å²) in [5, 5.41) is 3.68. The smallest absolute Gasteiger partial charge is 0.221 e. The molecule has 0 spiro atoms. The van der Waals surface area contributed by atoms with Crippen LogP contribution in [0.5, 0.6) is 0 Å². The quantitative estimate of drug-likeness (QED) is 0.673. The number of hydrogen-bond donors (Lipinski definition) is 1. The number of amides is 1. The zero-order valence-electron chi connectivity index (χ0n) is 14.7. The van der Waals surface area contributed by atoms with Crippen LogP contribution in [0.2, 0.25) is 5.02 Å². The number of nitrogens with one attached hydrogen (secondary N) is 1. The molecule has 0 radical (unpaired) electrons. The van der Waals surface area contributed by atoms with Crippen LogP contribution in [0.25, 0.3) is 0 Å². The fourth-order valence-electron chi connectivity index (χ4n) is 3.04. The summed E-state index contributed by atoms with van der Waals surface area (Å²) in [4.78, 5) is 16.9. The first kappa shape index (κ1) is 18.2. The van der Waals surface area contributed by atoms with E-state index in [1.165, 1.54) is 0 Å². The first-order chi connectivity index (χ1) is 12.7. The Hall–Kier alpha value is -2.59. The molecule has 1 heterocycles. The van der Waals surface area contributed by atoms with Crippen molar-refractivity contribution in [3.8, 4) is 0 Å². The SMILES string of the molecule is CCn1ccnc1CNC(=O)CC(c1ccccc1)c1ccc(Cl)cc1. The van der Waals surface area contributed by atoms with Gasteiger partial charge in [-0.15, -0.1) is 0 Å². The highest BCUT2D eigenvalue weighted by atomic mass is 35.5. The topological polar surface area (TPSA) is 46.9 Å². The second-order valence-electron chi connectivity index (χ2n) is 6.13. The summed E-state index contributed by atoms with van der Waals surface area (Å²) in [5.41, 5.74) is 2.19. The molecule has 0 aliphatic carbocycles. The van der Waals surface area contributed by atoms with Gasteiger partial charge in [0.05, 0.1) is 6.54 Å². The van der Waals surface area contributed by atoms with Crippen molar-refractivity contribution < 1.29 is 4.79 Å². The van der Waals surface area contributed by atoms with Crippen molar-refractivity contribution in [3.63, 3.8) is 0 Å². The van der Waals surface area contributed by atoms with Gasteiger partial charge in [-0.2, -0.15) is 0 Å². The maximum atomic E-state index is 12.6. The van der Waals surface area contributed by atoms with E-state index in [1.54, 1.807) is 6.20 Å². The molecule has 1 aromatic heterocycles. The number of carbonyl (C=O) groups excluding carboxylic acids is 1. The molecule has 1 amide bonds. The molecule has 0 fully saturated rings. The Morgan fingerprint density at radius 3 is 2.50 bits per heavy atom. The Balaban J connectivity index is 1.73. The van der Waals surface area contributed by atoms with Gasteiger partial charge in [-0.1, -0.05) is 54.1 Å². The van der Waals surface area contributed by atoms with Gasteiger partial charge < -0.3 is 9.88 Å². The van der Waals surface area contributed by atoms with E-state index >= 15 is 0 Å². The number of rotatable bonds is 7. The van der Waals surface area contributed by atoms with Crippen LogP contribution < -0.4 is 5.32 Å². The third kappa shape index (κ3) is 4.52. The average Bonchev–Trinajstić information content (AvgIpc) is 3.13. The van der Waals surface area contributed by atoms with Crippen LogP contribution in [0, 0.1) is 0 Å². The predicted octanol–water partition coefficient (Wildman–Crippen LogP) is 4.39. The van der Waals surface area contributed by atoms with Crippen molar-refractivity contribution in [2.45, 2.75) is 32.4 Å². The lowest BCUT2D eigenvalue weighted by atomic mass is 9.88. The Labute approximate surface area is 158 Å². The second-order valence-corrected chi connectivity index (χ2v) is 6.56. The lowest BCUT2D eigenvalue weighted by Crippen LogP contribution is -2.26. The van der Waals surface area contributed by atoms with E-state index < -0.39 is 0 Å². The molecule has 3 rings (SSSR count). The highest BCUT2D eigenvalue weighted by Gasteiger charge is 2.18. The molecule has 3 aromatic rings. The lowest BCUT2D eigenvalue weighted by molar-refractivity contribution is -0.121. The second kappa shape index (κ2) is 8.68. The number of aromatic nitrogens is 2. The predicted molar refractivity (Wildman–Crippen MR) is 104 cm³/mol. The van der Waals surface area contributed by atoms with E-state index in [4.69, 9.17) is 11.6 Å². The zero-order chi connectivity index (χ0) is 18.4. The minimum absolute atomic E-state index is 0.000504. The number of hydrogen-bond acceptors (Lipinski definition) is 2. The van der Waals surface area contributed by atoms with Gasteiger partial charge in [0, 0.05) is 36.3 Å². The van der Waals surface area contributed by atoms with E-state index in [9.17, 15) is 4.79 Å². The number of imidazole rings is 1. The minimum atomic E-state index is -0.0145. The fourth-order valence-corrected chi connectivity index (χ4v) is 3.16. The molecule has 1 unspecified atom stereocenters. The Kier molecular flexibility index (Phi) is 6.08.